The minimum absolute atomic E-state index is 0.377. The van der Waals surface area contributed by atoms with E-state index in [9.17, 15) is 4.79 Å². The van der Waals surface area contributed by atoms with Gasteiger partial charge in [0.1, 0.15) is 0 Å². The summed E-state index contributed by atoms with van der Waals surface area (Å²) in [5.74, 6) is 0.232. The van der Waals surface area contributed by atoms with Crippen molar-refractivity contribution in [2.24, 2.45) is 11.7 Å². The molecule has 2 rings (SSSR count). The van der Waals surface area contributed by atoms with Crippen LogP contribution in [0.15, 0.2) is 24.3 Å². The van der Waals surface area contributed by atoms with Crippen molar-refractivity contribution in [1.29, 1.82) is 0 Å². The predicted molar refractivity (Wildman–Crippen MR) is 70.2 cm³/mol. The molecule has 0 aliphatic carbocycles. The Kier molecular flexibility index (Phi) is 4.73. The van der Waals surface area contributed by atoms with E-state index in [0.717, 1.165) is 38.3 Å². The van der Waals surface area contributed by atoms with E-state index in [2.05, 4.69) is 5.32 Å². The van der Waals surface area contributed by atoms with E-state index in [4.69, 9.17) is 10.5 Å². The molecule has 3 N–H and O–H groups in total. The van der Waals surface area contributed by atoms with Gasteiger partial charge >= 0.3 is 0 Å². The normalized spacial score (nSPS) is 19.7. The molecule has 0 spiro atoms. The number of amides is 1. The van der Waals surface area contributed by atoms with Crippen LogP contribution in [0.1, 0.15) is 28.8 Å². The number of rotatable bonds is 5. The zero-order valence-electron chi connectivity index (χ0n) is 10.5. The average Bonchev–Trinajstić information content (AvgIpc) is 2.40. The lowest BCUT2D eigenvalue weighted by atomic mass is 10.0. The van der Waals surface area contributed by atoms with Crippen LogP contribution in [-0.4, -0.2) is 25.7 Å². The first kappa shape index (κ1) is 13.1. The second-order valence-electron chi connectivity index (χ2n) is 4.78. The molecule has 0 radical (unpaired) electrons. The SMILES string of the molecule is NC(=O)c1cccc(CNCC2CCCOC2)c1. The second-order valence-corrected chi connectivity index (χ2v) is 4.78. The van der Waals surface area contributed by atoms with Crippen molar-refractivity contribution in [3.8, 4) is 0 Å². The molecule has 4 nitrogen and oxygen atoms in total. The third-order valence-corrected chi connectivity index (χ3v) is 3.23. The van der Waals surface area contributed by atoms with E-state index in [-0.39, 0.29) is 5.91 Å². The number of ether oxygens (including phenoxy) is 1. The summed E-state index contributed by atoms with van der Waals surface area (Å²) < 4.78 is 5.43. The first-order valence-corrected chi connectivity index (χ1v) is 6.43. The Morgan fingerprint density at radius 2 is 2.39 bits per heavy atom. The lowest BCUT2D eigenvalue weighted by Gasteiger charge is -2.22. The number of nitrogens with two attached hydrogens (primary N) is 1. The van der Waals surface area contributed by atoms with Crippen molar-refractivity contribution in [3.05, 3.63) is 35.4 Å². The maximum Gasteiger partial charge on any atom is 0.248 e. The van der Waals surface area contributed by atoms with E-state index < -0.39 is 0 Å². The maximum atomic E-state index is 11.1. The van der Waals surface area contributed by atoms with Crippen LogP contribution in [0, 0.1) is 5.92 Å². The first-order chi connectivity index (χ1) is 8.75. The summed E-state index contributed by atoms with van der Waals surface area (Å²) in [5, 5.41) is 3.41. The zero-order valence-corrected chi connectivity index (χ0v) is 10.5. The number of primary amides is 1. The molecule has 4 heteroatoms. The van der Waals surface area contributed by atoms with E-state index in [1.807, 2.05) is 18.2 Å². The summed E-state index contributed by atoms with van der Waals surface area (Å²) in [4.78, 5) is 11.1. The van der Waals surface area contributed by atoms with Gasteiger partial charge in [0.2, 0.25) is 5.91 Å². The molecule has 1 amide bonds. The molecule has 1 atom stereocenters. The van der Waals surface area contributed by atoms with Crippen LogP contribution in [-0.2, 0) is 11.3 Å². The number of hydrogen-bond acceptors (Lipinski definition) is 3. The van der Waals surface area contributed by atoms with Crippen molar-refractivity contribution in [2.75, 3.05) is 19.8 Å². The molecule has 1 heterocycles. The molecule has 98 valence electrons. The topological polar surface area (TPSA) is 64.4 Å². The summed E-state index contributed by atoms with van der Waals surface area (Å²) in [6.45, 7) is 3.48. The minimum atomic E-state index is -0.377. The van der Waals surface area contributed by atoms with Crippen molar-refractivity contribution >= 4 is 5.91 Å². The molecule has 1 saturated heterocycles. The van der Waals surface area contributed by atoms with Crippen molar-refractivity contribution in [3.63, 3.8) is 0 Å². The highest BCUT2D eigenvalue weighted by molar-refractivity contribution is 5.92. The van der Waals surface area contributed by atoms with E-state index in [1.165, 1.54) is 6.42 Å². The van der Waals surface area contributed by atoms with Gasteiger partial charge in [-0.25, -0.2) is 0 Å². The van der Waals surface area contributed by atoms with Gasteiger partial charge in [-0.2, -0.15) is 0 Å². The van der Waals surface area contributed by atoms with Gasteiger partial charge in [-0.05, 0) is 36.5 Å². The van der Waals surface area contributed by atoms with Crippen LogP contribution in [0.3, 0.4) is 0 Å². The van der Waals surface area contributed by atoms with Crippen LogP contribution in [0.25, 0.3) is 0 Å². The Labute approximate surface area is 108 Å². The highest BCUT2D eigenvalue weighted by atomic mass is 16.5. The van der Waals surface area contributed by atoms with Crippen LogP contribution >= 0.6 is 0 Å². The minimum Gasteiger partial charge on any atom is -0.381 e. The molecular formula is C14H20N2O2. The summed E-state index contributed by atoms with van der Waals surface area (Å²) in [6, 6.07) is 7.44. The fourth-order valence-electron chi connectivity index (χ4n) is 2.22. The first-order valence-electron chi connectivity index (χ1n) is 6.43. The van der Waals surface area contributed by atoms with Crippen LogP contribution in [0.5, 0.6) is 0 Å². The Hall–Kier alpha value is -1.39. The van der Waals surface area contributed by atoms with Gasteiger partial charge in [0, 0.05) is 25.3 Å². The van der Waals surface area contributed by atoms with Crippen molar-refractivity contribution in [2.45, 2.75) is 19.4 Å². The molecule has 1 fully saturated rings. The number of nitrogens with one attached hydrogen (secondary N) is 1. The van der Waals surface area contributed by atoms with Gasteiger partial charge in [-0.1, -0.05) is 12.1 Å². The Bertz CT molecular complexity index is 401. The standard InChI is InChI=1S/C14H20N2O2/c15-14(17)13-5-1-3-11(7-13)8-16-9-12-4-2-6-18-10-12/h1,3,5,7,12,16H,2,4,6,8-10H2,(H2,15,17). The molecule has 1 aliphatic rings. The number of carbonyl (C=O) groups excluding carboxylic acids is 1. The zero-order chi connectivity index (χ0) is 12.8. The van der Waals surface area contributed by atoms with Crippen LogP contribution in [0.4, 0.5) is 0 Å². The molecule has 1 aromatic carbocycles. The predicted octanol–water partition coefficient (Wildman–Crippen LogP) is 1.30. The lowest BCUT2D eigenvalue weighted by Crippen LogP contribution is -2.28. The molecular weight excluding hydrogens is 228 g/mol. The third kappa shape index (κ3) is 3.82. The van der Waals surface area contributed by atoms with Gasteiger partial charge in [-0.3, -0.25) is 4.79 Å². The quantitative estimate of drug-likeness (QED) is 0.825. The highest BCUT2D eigenvalue weighted by Gasteiger charge is 2.13. The Balaban J connectivity index is 1.78. The Morgan fingerprint density at radius 1 is 1.50 bits per heavy atom. The maximum absolute atomic E-state index is 11.1. The average molecular weight is 248 g/mol. The van der Waals surface area contributed by atoms with E-state index in [0.29, 0.717) is 11.5 Å². The largest absolute Gasteiger partial charge is 0.381 e. The fourth-order valence-corrected chi connectivity index (χ4v) is 2.22. The molecule has 0 aromatic heterocycles. The van der Waals surface area contributed by atoms with Gasteiger partial charge in [0.25, 0.3) is 0 Å². The number of benzene rings is 1. The van der Waals surface area contributed by atoms with Gasteiger partial charge in [0.15, 0.2) is 0 Å². The van der Waals surface area contributed by atoms with Crippen LogP contribution in [0.2, 0.25) is 0 Å². The molecule has 1 aromatic rings. The van der Waals surface area contributed by atoms with E-state index >= 15 is 0 Å². The Morgan fingerprint density at radius 3 is 3.11 bits per heavy atom. The van der Waals surface area contributed by atoms with Crippen molar-refractivity contribution < 1.29 is 9.53 Å². The summed E-state index contributed by atoms with van der Waals surface area (Å²) in [6.07, 6.45) is 2.39. The van der Waals surface area contributed by atoms with Gasteiger partial charge in [0.05, 0.1) is 6.61 Å². The van der Waals surface area contributed by atoms with Gasteiger partial charge in [-0.15, -0.1) is 0 Å². The second kappa shape index (κ2) is 6.52. The smallest absolute Gasteiger partial charge is 0.248 e. The molecule has 1 unspecified atom stereocenters. The highest BCUT2D eigenvalue weighted by Crippen LogP contribution is 2.12. The monoisotopic (exact) mass is 248 g/mol. The van der Waals surface area contributed by atoms with Gasteiger partial charge < -0.3 is 15.8 Å². The summed E-state index contributed by atoms with van der Waals surface area (Å²) in [7, 11) is 0. The van der Waals surface area contributed by atoms with Crippen LogP contribution < -0.4 is 11.1 Å². The summed E-state index contributed by atoms with van der Waals surface area (Å²) in [5.41, 5.74) is 6.90. The molecule has 0 saturated carbocycles. The number of hydrogen-bond donors (Lipinski definition) is 2. The summed E-state index contributed by atoms with van der Waals surface area (Å²) >= 11 is 0. The third-order valence-electron chi connectivity index (χ3n) is 3.23. The fraction of sp³-hybridized carbons (Fsp3) is 0.500. The van der Waals surface area contributed by atoms with E-state index in [1.54, 1.807) is 6.07 Å². The molecule has 1 aliphatic heterocycles. The van der Waals surface area contributed by atoms with Crippen molar-refractivity contribution in [1.82, 2.24) is 5.32 Å². The molecule has 18 heavy (non-hydrogen) atoms. The lowest BCUT2D eigenvalue weighted by molar-refractivity contribution is 0.0547. The number of carbonyl (C=O) groups is 1. The molecule has 0 bridgehead atoms.